The molecular formula is C18H26ClN5O3. The van der Waals surface area contributed by atoms with Crippen molar-refractivity contribution in [3.05, 3.63) is 28.8 Å². The predicted molar refractivity (Wildman–Crippen MR) is 105 cm³/mol. The van der Waals surface area contributed by atoms with Gasteiger partial charge >= 0.3 is 5.97 Å². The summed E-state index contributed by atoms with van der Waals surface area (Å²) in [5.41, 5.74) is 7.59. The second kappa shape index (κ2) is 9.57. The van der Waals surface area contributed by atoms with E-state index in [2.05, 4.69) is 20.9 Å². The molecule has 0 radical (unpaired) electrons. The topological polar surface area (TPSA) is 118 Å². The first-order valence-electron chi connectivity index (χ1n) is 8.88. The van der Waals surface area contributed by atoms with Gasteiger partial charge in [0.05, 0.1) is 12.5 Å². The van der Waals surface area contributed by atoms with E-state index in [1.807, 2.05) is 26.0 Å². The van der Waals surface area contributed by atoms with E-state index >= 15 is 0 Å². The van der Waals surface area contributed by atoms with Crippen molar-refractivity contribution in [1.82, 2.24) is 10.6 Å². The van der Waals surface area contributed by atoms with Crippen molar-refractivity contribution in [3.8, 4) is 0 Å². The molecule has 2 rings (SSSR count). The van der Waals surface area contributed by atoms with Gasteiger partial charge in [-0.3, -0.25) is 14.9 Å². The molecule has 3 unspecified atom stereocenters. The molecule has 9 heteroatoms. The highest BCUT2D eigenvalue weighted by atomic mass is 35.5. The van der Waals surface area contributed by atoms with Crippen LogP contribution < -0.4 is 21.7 Å². The van der Waals surface area contributed by atoms with Crippen LogP contribution in [0.2, 0.25) is 5.02 Å². The highest BCUT2D eigenvalue weighted by Crippen LogP contribution is 2.20. The molecule has 0 aromatic heterocycles. The van der Waals surface area contributed by atoms with Gasteiger partial charge in [0, 0.05) is 23.2 Å². The van der Waals surface area contributed by atoms with Crippen LogP contribution in [0.1, 0.15) is 32.3 Å². The van der Waals surface area contributed by atoms with E-state index in [1.165, 1.54) is 0 Å². The molecule has 1 aliphatic heterocycles. The molecule has 0 saturated carbocycles. The molecule has 1 fully saturated rings. The lowest BCUT2D eigenvalue weighted by atomic mass is 9.93. The normalized spacial score (nSPS) is 22.9. The van der Waals surface area contributed by atoms with Crippen LogP contribution in [0.3, 0.4) is 0 Å². The number of anilines is 1. The predicted octanol–water partition coefficient (Wildman–Crippen LogP) is 1.73. The van der Waals surface area contributed by atoms with Gasteiger partial charge in [-0.15, -0.1) is 0 Å². The summed E-state index contributed by atoms with van der Waals surface area (Å²) in [6.07, 6.45) is -0.0472. The molecule has 0 aliphatic carbocycles. The number of benzene rings is 1. The molecule has 1 heterocycles. The number of aliphatic imine (C=N–C) groups is 1. The third-order valence-electron chi connectivity index (χ3n) is 4.32. The van der Waals surface area contributed by atoms with Gasteiger partial charge in [0.1, 0.15) is 0 Å². The fourth-order valence-corrected chi connectivity index (χ4v) is 3.00. The zero-order valence-electron chi connectivity index (χ0n) is 15.7. The van der Waals surface area contributed by atoms with E-state index in [4.69, 9.17) is 22.1 Å². The molecule has 0 spiro atoms. The Morgan fingerprint density at radius 1 is 1.44 bits per heavy atom. The maximum absolute atomic E-state index is 12.4. The van der Waals surface area contributed by atoms with E-state index in [0.717, 1.165) is 5.56 Å². The smallest absolute Gasteiger partial charge is 0.305 e. The van der Waals surface area contributed by atoms with Crippen LogP contribution in [0, 0.1) is 12.8 Å². The van der Waals surface area contributed by atoms with E-state index in [9.17, 15) is 9.59 Å². The fourth-order valence-electron chi connectivity index (χ4n) is 2.82. The van der Waals surface area contributed by atoms with Crippen LogP contribution in [0.5, 0.6) is 0 Å². The third-order valence-corrected chi connectivity index (χ3v) is 4.72. The fraction of sp³-hybridized carbons (Fsp3) is 0.500. The van der Waals surface area contributed by atoms with E-state index in [-0.39, 0.29) is 36.2 Å². The SMILES string of the molecule is CCOC(=O)CCC1C(=O)NC(/N=C(\N)Nc2ccc(C)c(Cl)c2)NC1C. The number of ether oxygens (including phenoxy) is 1. The van der Waals surface area contributed by atoms with Gasteiger partial charge in [0.25, 0.3) is 0 Å². The molecule has 1 aromatic rings. The standard InChI is InChI=1S/C18H26ClN5O3/c1-4-27-15(25)8-7-13-11(3)21-18(23-16(13)26)24-17(20)22-12-6-5-10(2)14(19)9-12/h5-6,9,11,13,18,21H,4,7-8H2,1-3H3,(H,23,26)(H3,20,22,24). The van der Waals surface area contributed by atoms with E-state index in [1.54, 1.807) is 13.0 Å². The summed E-state index contributed by atoms with van der Waals surface area (Å²) in [6.45, 7) is 5.87. The van der Waals surface area contributed by atoms with Gasteiger partial charge in [-0.2, -0.15) is 0 Å². The van der Waals surface area contributed by atoms with Crippen molar-refractivity contribution in [3.63, 3.8) is 0 Å². The number of hydrogen-bond donors (Lipinski definition) is 4. The minimum atomic E-state index is -0.653. The van der Waals surface area contributed by atoms with E-state index in [0.29, 0.717) is 23.7 Å². The molecular weight excluding hydrogens is 370 g/mol. The number of carbonyl (C=O) groups is 2. The average molecular weight is 396 g/mol. The number of nitrogens with one attached hydrogen (secondary N) is 3. The summed E-state index contributed by atoms with van der Waals surface area (Å²) in [4.78, 5) is 28.1. The first-order valence-corrected chi connectivity index (χ1v) is 9.26. The van der Waals surface area contributed by atoms with Crippen molar-refractivity contribution in [2.45, 2.75) is 45.9 Å². The van der Waals surface area contributed by atoms with Crippen LogP contribution in [0.25, 0.3) is 0 Å². The summed E-state index contributed by atoms with van der Waals surface area (Å²) in [5, 5.41) is 9.49. The number of halogens is 1. The summed E-state index contributed by atoms with van der Waals surface area (Å²) < 4.78 is 4.90. The monoisotopic (exact) mass is 395 g/mol. The lowest BCUT2D eigenvalue weighted by Gasteiger charge is -2.33. The molecule has 1 aromatic carbocycles. The van der Waals surface area contributed by atoms with Crippen molar-refractivity contribution in [2.75, 3.05) is 11.9 Å². The highest BCUT2D eigenvalue weighted by Gasteiger charge is 2.33. The van der Waals surface area contributed by atoms with Gasteiger partial charge in [-0.1, -0.05) is 17.7 Å². The van der Waals surface area contributed by atoms with Crippen molar-refractivity contribution >= 4 is 35.1 Å². The molecule has 148 valence electrons. The number of hydrogen-bond acceptors (Lipinski definition) is 5. The van der Waals surface area contributed by atoms with Crippen LogP contribution in [-0.4, -0.2) is 36.8 Å². The van der Waals surface area contributed by atoms with Crippen LogP contribution in [0.15, 0.2) is 23.2 Å². The van der Waals surface area contributed by atoms with Crippen LogP contribution >= 0.6 is 11.6 Å². The maximum atomic E-state index is 12.4. The molecule has 8 nitrogen and oxygen atoms in total. The Kier molecular flexibility index (Phi) is 7.44. The van der Waals surface area contributed by atoms with E-state index < -0.39 is 6.29 Å². The van der Waals surface area contributed by atoms with Gasteiger partial charge in [0.15, 0.2) is 12.2 Å². The maximum Gasteiger partial charge on any atom is 0.305 e. The van der Waals surface area contributed by atoms with Crippen molar-refractivity contribution in [1.29, 1.82) is 0 Å². The summed E-state index contributed by atoms with van der Waals surface area (Å²) in [6, 6.07) is 5.29. The number of aryl methyl sites for hydroxylation is 1. The summed E-state index contributed by atoms with van der Waals surface area (Å²) in [5.74, 6) is -0.677. The lowest BCUT2D eigenvalue weighted by molar-refractivity contribution is -0.143. The second-order valence-electron chi connectivity index (χ2n) is 6.42. The van der Waals surface area contributed by atoms with Crippen LogP contribution in [-0.2, 0) is 14.3 Å². The molecule has 0 bridgehead atoms. The zero-order chi connectivity index (χ0) is 20.0. The van der Waals surface area contributed by atoms with Gasteiger partial charge in [-0.25, -0.2) is 4.99 Å². The third kappa shape index (κ3) is 6.11. The number of guanidine groups is 1. The number of esters is 1. The second-order valence-corrected chi connectivity index (χ2v) is 6.83. The quantitative estimate of drug-likeness (QED) is 0.331. The first kappa shape index (κ1) is 21.0. The van der Waals surface area contributed by atoms with Crippen molar-refractivity contribution < 1.29 is 14.3 Å². The molecule has 1 aliphatic rings. The minimum absolute atomic E-state index is 0.143. The number of nitrogens with zero attached hydrogens (tertiary/aromatic N) is 1. The Morgan fingerprint density at radius 3 is 2.81 bits per heavy atom. The van der Waals surface area contributed by atoms with Crippen molar-refractivity contribution in [2.24, 2.45) is 16.6 Å². The molecule has 1 amide bonds. The molecule has 3 atom stereocenters. The van der Waals surface area contributed by atoms with Gasteiger partial charge < -0.3 is 21.1 Å². The first-order chi connectivity index (χ1) is 12.8. The Balaban J connectivity index is 1.93. The zero-order valence-corrected chi connectivity index (χ0v) is 16.5. The summed E-state index contributed by atoms with van der Waals surface area (Å²) >= 11 is 6.09. The Hall–Kier alpha value is -2.32. The summed E-state index contributed by atoms with van der Waals surface area (Å²) in [7, 11) is 0. The Morgan fingerprint density at radius 2 is 2.19 bits per heavy atom. The number of nitrogens with two attached hydrogens (primary N) is 1. The largest absolute Gasteiger partial charge is 0.466 e. The number of rotatable bonds is 6. The minimum Gasteiger partial charge on any atom is -0.466 e. The molecule has 27 heavy (non-hydrogen) atoms. The Bertz CT molecular complexity index is 725. The van der Waals surface area contributed by atoms with Crippen LogP contribution in [0.4, 0.5) is 5.69 Å². The number of carbonyl (C=O) groups excluding carboxylic acids is 2. The lowest BCUT2D eigenvalue weighted by Crippen LogP contribution is -2.60. The van der Waals surface area contributed by atoms with Gasteiger partial charge in [0.2, 0.25) is 5.91 Å². The van der Waals surface area contributed by atoms with Gasteiger partial charge in [-0.05, 0) is 44.9 Å². The molecule has 5 N–H and O–H groups in total. The number of amides is 1. The Labute approximate surface area is 163 Å². The molecule has 1 saturated heterocycles. The highest BCUT2D eigenvalue weighted by molar-refractivity contribution is 6.31. The average Bonchev–Trinajstić information content (AvgIpc) is 2.57.